The van der Waals surface area contributed by atoms with E-state index in [0.717, 1.165) is 19.1 Å². The Hall–Kier alpha value is -0.820. The third-order valence-corrected chi connectivity index (χ3v) is 4.44. The Bertz CT molecular complexity index is 495. The van der Waals surface area contributed by atoms with E-state index in [1.54, 1.807) is 4.90 Å². The molecule has 1 saturated heterocycles. The lowest BCUT2D eigenvalue weighted by molar-refractivity contribution is 0.0283. The van der Waals surface area contributed by atoms with Gasteiger partial charge in [0.25, 0.3) is 10.1 Å². The SMILES string of the molecule is CC(C)(C)OC(=O)N1CCC2(CC2COS(C)(=O)=O)C1. The van der Waals surface area contributed by atoms with Gasteiger partial charge in [-0.05, 0) is 44.9 Å². The average Bonchev–Trinajstić information content (AvgIpc) is 2.70. The standard InChI is InChI=1S/C13H23NO5S/c1-12(2,3)19-11(15)14-6-5-13(9-14)7-10(13)8-18-20(4,16)17/h10H,5-9H2,1-4H3. The molecule has 2 unspecified atom stereocenters. The van der Waals surface area contributed by atoms with Crippen molar-refractivity contribution in [1.29, 1.82) is 0 Å². The van der Waals surface area contributed by atoms with Crippen LogP contribution < -0.4 is 0 Å². The third-order valence-electron chi connectivity index (χ3n) is 3.88. The minimum Gasteiger partial charge on any atom is -0.444 e. The van der Waals surface area contributed by atoms with Crippen LogP contribution in [0.1, 0.15) is 33.6 Å². The second-order valence-electron chi connectivity index (χ2n) is 6.90. The van der Waals surface area contributed by atoms with E-state index in [4.69, 9.17) is 8.92 Å². The van der Waals surface area contributed by atoms with Gasteiger partial charge in [-0.1, -0.05) is 0 Å². The highest BCUT2D eigenvalue weighted by atomic mass is 32.2. The fourth-order valence-corrected chi connectivity index (χ4v) is 3.16. The van der Waals surface area contributed by atoms with Crippen molar-refractivity contribution in [2.75, 3.05) is 26.0 Å². The molecular weight excluding hydrogens is 282 g/mol. The first-order valence-electron chi connectivity index (χ1n) is 6.83. The van der Waals surface area contributed by atoms with Crippen LogP contribution in [0, 0.1) is 11.3 Å². The molecule has 2 rings (SSSR count). The molecule has 2 atom stereocenters. The summed E-state index contributed by atoms with van der Waals surface area (Å²) in [5, 5.41) is 0. The Labute approximate surface area is 120 Å². The molecule has 0 aromatic rings. The van der Waals surface area contributed by atoms with Gasteiger partial charge in [0.1, 0.15) is 5.60 Å². The Morgan fingerprint density at radius 1 is 1.40 bits per heavy atom. The predicted octanol–water partition coefficient (Wildman–Crippen LogP) is 1.61. The van der Waals surface area contributed by atoms with Crippen molar-refractivity contribution in [2.45, 2.75) is 39.2 Å². The van der Waals surface area contributed by atoms with Crippen molar-refractivity contribution >= 4 is 16.2 Å². The van der Waals surface area contributed by atoms with Crippen molar-refractivity contribution in [3.8, 4) is 0 Å². The molecule has 1 aliphatic heterocycles. The molecule has 0 radical (unpaired) electrons. The molecule has 7 heteroatoms. The number of amides is 1. The summed E-state index contributed by atoms with van der Waals surface area (Å²) in [5.41, 5.74) is -0.448. The fraction of sp³-hybridized carbons (Fsp3) is 0.923. The quantitative estimate of drug-likeness (QED) is 0.741. The van der Waals surface area contributed by atoms with E-state index in [-0.39, 0.29) is 24.0 Å². The summed E-state index contributed by atoms with van der Waals surface area (Å²) in [7, 11) is -3.38. The summed E-state index contributed by atoms with van der Waals surface area (Å²) in [4.78, 5) is 13.7. The summed E-state index contributed by atoms with van der Waals surface area (Å²) in [5.74, 6) is 0.227. The highest BCUT2D eigenvalue weighted by Crippen LogP contribution is 2.58. The van der Waals surface area contributed by atoms with Crippen LogP contribution in [-0.2, 0) is 19.0 Å². The summed E-state index contributed by atoms with van der Waals surface area (Å²) in [6, 6.07) is 0. The number of hydrogen-bond donors (Lipinski definition) is 0. The number of ether oxygens (including phenoxy) is 1. The van der Waals surface area contributed by atoms with Gasteiger partial charge in [0.05, 0.1) is 12.9 Å². The molecule has 1 saturated carbocycles. The minimum atomic E-state index is -3.38. The van der Waals surface area contributed by atoms with Gasteiger partial charge in [0, 0.05) is 13.1 Å². The Morgan fingerprint density at radius 2 is 2.05 bits per heavy atom. The molecule has 2 fully saturated rings. The van der Waals surface area contributed by atoms with Gasteiger partial charge in [-0.3, -0.25) is 4.18 Å². The molecule has 0 aromatic carbocycles. The normalized spacial score (nSPS) is 29.8. The van der Waals surface area contributed by atoms with E-state index in [9.17, 15) is 13.2 Å². The third kappa shape index (κ3) is 3.85. The second-order valence-corrected chi connectivity index (χ2v) is 8.55. The van der Waals surface area contributed by atoms with Crippen LogP contribution in [-0.4, -0.2) is 51.0 Å². The molecule has 2 aliphatic rings. The van der Waals surface area contributed by atoms with E-state index in [2.05, 4.69) is 0 Å². The molecule has 0 bridgehead atoms. The number of nitrogens with zero attached hydrogens (tertiary/aromatic N) is 1. The van der Waals surface area contributed by atoms with E-state index in [0.29, 0.717) is 13.1 Å². The van der Waals surface area contributed by atoms with Gasteiger partial charge in [0.2, 0.25) is 0 Å². The Morgan fingerprint density at radius 3 is 2.60 bits per heavy atom. The molecule has 1 aliphatic carbocycles. The first kappa shape index (κ1) is 15.6. The molecule has 0 aromatic heterocycles. The number of hydrogen-bond acceptors (Lipinski definition) is 5. The molecule has 0 N–H and O–H groups in total. The number of carbonyl (C=O) groups is 1. The van der Waals surface area contributed by atoms with Crippen molar-refractivity contribution in [2.24, 2.45) is 11.3 Å². The van der Waals surface area contributed by atoms with Crippen LogP contribution in [0.5, 0.6) is 0 Å². The molecule has 20 heavy (non-hydrogen) atoms. The van der Waals surface area contributed by atoms with E-state index in [1.165, 1.54) is 0 Å². The lowest BCUT2D eigenvalue weighted by atomic mass is 10.0. The van der Waals surface area contributed by atoms with Crippen LogP contribution >= 0.6 is 0 Å². The summed E-state index contributed by atoms with van der Waals surface area (Å²) in [6.07, 6.45) is 2.58. The first-order chi connectivity index (χ1) is 9.01. The molecule has 1 spiro atoms. The summed E-state index contributed by atoms with van der Waals surface area (Å²) >= 11 is 0. The zero-order chi connectivity index (χ0) is 15.2. The topological polar surface area (TPSA) is 72.9 Å². The smallest absolute Gasteiger partial charge is 0.410 e. The van der Waals surface area contributed by atoms with Crippen molar-refractivity contribution in [3.63, 3.8) is 0 Å². The van der Waals surface area contributed by atoms with Crippen molar-refractivity contribution < 1.29 is 22.1 Å². The summed E-state index contributed by atoms with van der Waals surface area (Å²) < 4.78 is 32.2. The second kappa shape index (κ2) is 4.87. The van der Waals surface area contributed by atoms with E-state index in [1.807, 2.05) is 20.8 Å². The fourth-order valence-electron chi connectivity index (χ4n) is 2.75. The maximum Gasteiger partial charge on any atom is 0.410 e. The highest BCUT2D eigenvalue weighted by Gasteiger charge is 2.58. The molecule has 1 amide bonds. The predicted molar refractivity (Wildman–Crippen MR) is 73.8 cm³/mol. The van der Waals surface area contributed by atoms with Gasteiger partial charge in [0.15, 0.2) is 0 Å². The van der Waals surface area contributed by atoms with Gasteiger partial charge < -0.3 is 9.64 Å². The van der Waals surface area contributed by atoms with Gasteiger partial charge in [-0.15, -0.1) is 0 Å². The zero-order valence-corrected chi connectivity index (χ0v) is 13.3. The molecule has 116 valence electrons. The maximum atomic E-state index is 12.0. The zero-order valence-electron chi connectivity index (χ0n) is 12.5. The van der Waals surface area contributed by atoms with Crippen LogP contribution in [0.25, 0.3) is 0 Å². The van der Waals surface area contributed by atoms with Crippen LogP contribution in [0.15, 0.2) is 0 Å². The molecule has 1 heterocycles. The van der Waals surface area contributed by atoms with E-state index >= 15 is 0 Å². The number of rotatable bonds is 3. The lowest BCUT2D eigenvalue weighted by Crippen LogP contribution is -2.35. The van der Waals surface area contributed by atoms with Crippen molar-refractivity contribution in [1.82, 2.24) is 4.90 Å². The van der Waals surface area contributed by atoms with Crippen molar-refractivity contribution in [3.05, 3.63) is 0 Å². The first-order valence-corrected chi connectivity index (χ1v) is 8.65. The van der Waals surface area contributed by atoms with Crippen LogP contribution in [0.2, 0.25) is 0 Å². The Balaban J connectivity index is 1.83. The Kier molecular flexibility index (Phi) is 3.79. The maximum absolute atomic E-state index is 12.0. The van der Waals surface area contributed by atoms with Crippen LogP contribution in [0.3, 0.4) is 0 Å². The van der Waals surface area contributed by atoms with Gasteiger partial charge in [-0.2, -0.15) is 8.42 Å². The largest absolute Gasteiger partial charge is 0.444 e. The van der Waals surface area contributed by atoms with E-state index < -0.39 is 15.7 Å². The lowest BCUT2D eigenvalue weighted by Gasteiger charge is -2.24. The molecular formula is C13H23NO5S. The minimum absolute atomic E-state index is 0.0432. The molecule has 6 nitrogen and oxygen atoms in total. The summed E-state index contributed by atoms with van der Waals surface area (Å²) in [6.45, 7) is 7.06. The van der Waals surface area contributed by atoms with Crippen LogP contribution in [0.4, 0.5) is 4.79 Å². The number of carbonyl (C=O) groups excluding carboxylic acids is 1. The van der Waals surface area contributed by atoms with Gasteiger partial charge in [-0.25, -0.2) is 4.79 Å². The van der Waals surface area contributed by atoms with Gasteiger partial charge >= 0.3 is 6.09 Å². The number of likely N-dealkylation sites (tertiary alicyclic amines) is 1. The highest BCUT2D eigenvalue weighted by molar-refractivity contribution is 7.85. The monoisotopic (exact) mass is 305 g/mol. The average molecular weight is 305 g/mol.